The fourth-order valence-electron chi connectivity index (χ4n) is 1.74. The van der Waals surface area contributed by atoms with Gasteiger partial charge in [0.1, 0.15) is 17.2 Å². The molecule has 0 unspecified atom stereocenters. The van der Waals surface area contributed by atoms with Gasteiger partial charge in [-0.1, -0.05) is 0 Å². The number of aryl methyl sites for hydroxylation is 1. The van der Waals surface area contributed by atoms with Crippen LogP contribution in [0.25, 0.3) is 11.3 Å². The number of ether oxygens (including phenoxy) is 1. The largest absolute Gasteiger partial charge is 0.497 e. The minimum atomic E-state index is 0.553. The molecule has 90 valence electrons. The average Bonchev–Trinajstić information content (AvgIpc) is 2.71. The lowest BCUT2D eigenvalue weighted by Crippen LogP contribution is -2.02. The number of hydrogen-bond donors (Lipinski definition) is 1. The van der Waals surface area contributed by atoms with Gasteiger partial charge in [0.25, 0.3) is 0 Å². The van der Waals surface area contributed by atoms with Crippen molar-refractivity contribution in [1.29, 1.82) is 0 Å². The van der Waals surface area contributed by atoms with Crippen LogP contribution in [0.4, 0.5) is 0 Å². The van der Waals surface area contributed by atoms with Crippen LogP contribution >= 0.6 is 0 Å². The van der Waals surface area contributed by atoms with E-state index in [1.54, 1.807) is 7.11 Å². The SMILES string of the molecule is COc1ccc(-c2nc(C)oc2CCN)cc1. The van der Waals surface area contributed by atoms with Gasteiger partial charge in [0.2, 0.25) is 0 Å². The molecule has 4 nitrogen and oxygen atoms in total. The molecule has 1 aromatic carbocycles. The molecule has 0 atom stereocenters. The lowest BCUT2D eigenvalue weighted by molar-refractivity contribution is 0.415. The molecule has 0 aliphatic rings. The van der Waals surface area contributed by atoms with E-state index in [0.717, 1.165) is 22.8 Å². The monoisotopic (exact) mass is 232 g/mol. The highest BCUT2D eigenvalue weighted by Gasteiger charge is 2.12. The van der Waals surface area contributed by atoms with Crippen molar-refractivity contribution < 1.29 is 9.15 Å². The molecule has 0 aliphatic heterocycles. The number of hydrogen-bond acceptors (Lipinski definition) is 4. The molecule has 0 spiro atoms. The van der Waals surface area contributed by atoms with Crippen molar-refractivity contribution in [3.63, 3.8) is 0 Å². The second-order valence-corrected chi connectivity index (χ2v) is 3.77. The van der Waals surface area contributed by atoms with Crippen LogP contribution in [0.3, 0.4) is 0 Å². The third-order valence-electron chi connectivity index (χ3n) is 2.54. The van der Waals surface area contributed by atoms with Crippen molar-refractivity contribution in [2.24, 2.45) is 5.73 Å². The summed E-state index contributed by atoms with van der Waals surface area (Å²) in [6, 6.07) is 7.75. The van der Waals surface area contributed by atoms with Crippen molar-refractivity contribution >= 4 is 0 Å². The van der Waals surface area contributed by atoms with E-state index >= 15 is 0 Å². The summed E-state index contributed by atoms with van der Waals surface area (Å²) < 4.78 is 10.7. The van der Waals surface area contributed by atoms with E-state index in [-0.39, 0.29) is 0 Å². The fourth-order valence-corrected chi connectivity index (χ4v) is 1.74. The zero-order valence-corrected chi connectivity index (χ0v) is 10.1. The molecule has 2 N–H and O–H groups in total. The topological polar surface area (TPSA) is 61.3 Å². The summed E-state index contributed by atoms with van der Waals surface area (Å²) in [5, 5.41) is 0. The second-order valence-electron chi connectivity index (χ2n) is 3.77. The molecule has 0 amide bonds. The maximum Gasteiger partial charge on any atom is 0.191 e. The van der Waals surface area contributed by atoms with Crippen LogP contribution in [0.5, 0.6) is 5.75 Å². The third-order valence-corrected chi connectivity index (χ3v) is 2.54. The van der Waals surface area contributed by atoms with Crippen LogP contribution in [-0.2, 0) is 6.42 Å². The first-order chi connectivity index (χ1) is 8.24. The average molecular weight is 232 g/mol. The molecule has 0 aliphatic carbocycles. The number of nitrogens with two attached hydrogens (primary N) is 1. The molecule has 0 fully saturated rings. The Morgan fingerprint density at radius 1 is 1.29 bits per heavy atom. The number of oxazole rings is 1. The molecule has 0 bridgehead atoms. The smallest absolute Gasteiger partial charge is 0.191 e. The highest BCUT2D eigenvalue weighted by atomic mass is 16.5. The Labute approximate surface area is 100 Å². The summed E-state index contributed by atoms with van der Waals surface area (Å²) in [4.78, 5) is 4.39. The van der Waals surface area contributed by atoms with Crippen LogP contribution in [-0.4, -0.2) is 18.6 Å². The number of rotatable bonds is 4. The number of nitrogens with zero attached hydrogens (tertiary/aromatic N) is 1. The van der Waals surface area contributed by atoms with Gasteiger partial charge in [-0.2, -0.15) is 0 Å². The lowest BCUT2D eigenvalue weighted by Gasteiger charge is -2.02. The van der Waals surface area contributed by atoms with E-state index in [0.29, 0.717) is 18.9 Å². The van der Waals surface area contributed by atoms with Crippen LogP contribution < -0.4 is 10.5 Å². The first-order valence-electron chi connectivity index (χ1n) is 5.55. The zero-order valence-electron chi connectivity index (χ0n) is 10.1. The number of aromatic nitrogens is 1. The van der Waals surface area contributed by atoms with E-state index in [4.69, 9.17) is 14.9 Å². The van der Waals surface area contributed by atoms with Gasteiger partial charge < -0.3 is 14.9 Å². The molecule has 4 heteroatoms. The van der Waals surface area contributed by atoms with E-state index in [9.17, 15) is 0 Å². The van der Waals surface area contributed by atoms with Gasteiger partial charge in [-0.25, -0.2) is 4.98 Å². The molecule has 17 heavy (non-hydrogen) atoms. The zero-order chi connectivity index (χ0) is 12.3. The summed E-state index contributed by atoms with van der Waals surface area (Å²) >= 11 is 0. The van der Waals surface area contributed by atoms with Crippen LogP contribution in [0.1, 0.15) is 11.7 Å². The fraction of sp³-hybridized carbons (Fsp3) is 0.308. The van der Waals surface area contributed by atoms with E-state index in [2.05, 4.69) is 4.98 Å². The highest BCUT2D eigenvalue weighted by molar-refractivity contribution is 5.62. The van der Waals surface area contributed by atoms with Crippen molar-refractivity contribution in [2.75, 3.05) is 13.7 Å². The second kappa shape index (κ2) is 5.01. The van der Waals surface area contributed by atoms with Crippen molar-refractivity contribution in [3.05, 3.63) is 35.9 Å². The van der Waals surface area contributed by atoms with Crippen molar-refractivity contribution in [2.45, 2.75) is 13.3 Å². The molecular weight excluding hydrogens is 216 g/mol. The molecule has 2 aromatic rings. The molecular formula is C13H16N2O2. The van der Waals surface area contributed by atoms with Crippen LogP contribution in [0, 0.1) is 6.92 Å². The Kier molecular flexibility index (Phi) is 3.44. The van der Waals surface area contributed by atoms with Gasteiger partial charge in [0.05, 0.1) is 7.11 Å². The Hall–Kier alpha value is -1.81. The van der Waals surface area contributed by atoms with Gasteiger partial charge in [0.15, 0.2) is 5.89 Å². The van der Waals surface area contributed by atoms with Gasteiger partial charge in [-0.15, -0.1) is 0 Å². The predicted octanol–water partition coefficient (Wildman–Crippen LogP) is 2.16. The lowest BCUT2D eigenvalue weighted by atomic mass is 10.1. The standard InChI is InChI=1S/C13H16N2O2/c1-9-15-13(12(17-9)7-8-14)10-3-5-11(16-2)6-4-10/h3-6H,7-8,14H2,1-2H3. The van der Waals surface area contributed by atoms with E-state index in [1.807, 2.05) is 31.2 Å². The normalized spacial score (nSPS) is 10.5. The minimum Gasteiger partial charge on any atom is -0.497 e. The van der Waals surface area contributed by atoms with Gasteiger partial charge in [0, 0.05) is 18.9 Å². The predicted molar refractivity (Wildman–Crippen MR) is 66.0 cm³/mol. The molecule has 0 radical (unpaired) electrons. The summed E-state index contributed by atoms with van der Waals surface area (Å²) in [5.74, 6) is 2.34. The maximum atomic E-state index is 5.55. The minimum absolute atomic E-state index is 0.553. The van der Waals surface area contributed by atoms with Gasteiger partial charge >= 0.3 is 0 Å². The molecule has 1 aromatic heterocycles. The molecule has 0 saturated heterocycles. The molecule has 1 heterocycles. The molecule has 0 saturated carbocycles. The van der Waals surface area contributed by atoms with E-state index in [1.165, 1.54) is 0 Å². The quantitative estimate of drug-likeness (QED) is 0.877. The Bertz CT molecular complexity index is 489. The van der Waals surface area contributed by atoms with Crippen LogP contribution in [0.2, 0.25) is 0 Å². The van der Waals surface area contributed by atoms with Gasteiger partial charge in [-0.05, 0) is 30.8 Å². The summed E-state index contributed by atoms with van der Waals surface area (Å²) in [6.45, 7) is 2.39. The Morgan fingerprint density at radius 3 is 2.59 bits per heavy atom. The Morgan fingerprint density at radius 2 is 2.00 bits per heavy atom. The Balaban J connectivity index is 2.37. The number of methoxy groups -OCH3 is 1. The van der Waals surface area contributed by atoms with Crippen LogP contribution in [0.15, 0.2) is 28.7 Å². The summed E-state index contributed by atoms with van der Waals surface area (Å²) in [7, 11) is 1.65. The van der Waals surface area contributed by atoms with E-state index < -0.39 is 0 Å². The third kappa shape index (κ3) is 2.47. The highest BCUT2D eigenvalue weighted by Crippen LogP contribution is 2.25. The molecule has 2 rings (SSSR count). The van der Waals surface area contributed by atoms with Gasteiger partial charge in [-0.3, -0.25) is 0 Å². The van der Waals surface area contributed by atoms with Crippen molar-refractivity contribution in [1.82, 2.24) is 4.98 Å². The van der Waals surface area contributed by atoms with Crippen molar-refractivity contribution in [3.8, 4) is 17.0 Å². The summed E-state index contributed by atoms with van der Waals surface area (Å²) in [5.41, 5.74) is 7.45. The maximum absolute atomic E-state index is 5.55. The summed E-state index contributed by atoms with van der Waals surface area (Å²) in [6.07, 6.45) is 0.697. The first-order valence-corrected chi connectivity index (χ1v) is 5.55. The first kappa shape index (κ1) is 11.7. The number of benzene rings is 1.